The Labute approximate surface area is 136 Å². The Morgan fingerprint density at radius 2 is 1.83 bits per heavy atom. The van der Waals surface area contributed by atoms with E-state index in [-0.39, 0.29) is 5.76 Å². The molecule has 2 aliphatic rings. The van der Waals surface area contributed by atoms with Crippen LogP contribution in [0.15, 0.2) is 10.6 Å². The first-order valence-electron chi connectivity index (χ1n) is 7.50. The number of carbonyl (C=O) groups is 1. The lowest BCUT2D eigenvalue weighted by Crippen LogP contribution is -2.16. The standard InChI is InChI=1S/C16H14ClNO5/c17-13-9-4-2-5-21-14(9)12(8-3-1-6-22-15(8)13)10-7-11(16(19)20)23-18-10/h7H,1-6H2,(H,19,20). The van der Waals surface area contributed by atoms with Gasteiger partial charge in [0.15, 0.2) is 0 Å². The second-order valence-corrected chi connectivity index (χ2v) is 5.97. The van der Waals surface area contributed by atoms with Gasteiger partial charge >= 0.3 is 5.97 Å². The molecule has 0 unspecified atom stereocenters. The summed E-state index contributed by atoms with van der Waals surface area (Å²) in [4.78, 5) is 11.1. The Bertz CT molecular complexity index is 761. The summed E-state index contributed by atoms with van der Waals surface area (Å²) >= 11 is 6.52. The van der Waals surface area contributed by atoms with Crippen LogP contribution in [0.3, 0.4) is 0 Å². The maximum atomic E-state index is 11.1. The molecule has 0 radical (unpaired) electrons. The third-order valence-electron chi connectivity index (χ3n) is 4.15. The molecule has 0 saturated carbocycles. The van der Waals surface area contributed by atoms with Crippen LogP contribution in [0.5, 0.6) is 11.5 Å². The predicted octanol–water partition coefficient (Wildman–Crippen LogP) is 3.34. The third kappa shape index (κ3) is 2.25. The summed E-state index contributed by atoms with van der Waals surface area (Å²) in [5.41, 5.74) is 2.99. The number of benzene rings is 1. The number of aromatic nitrogens is 1. The smallest absolute Gasteiger partial charge is 0.374 e. The van der Waals surface area contributed by atoms with Gasteiger partial charge in [-0.25, -0.2) is 4.79 Å². The van der Waals surface area contributed by atoms with Crippen LogP contribution >= 0.6 is 11.6 Å². The van der Waals surface area contributed by atoms with Crippen molar-refractivity contribution in [2.24, 2.45) is 0 Å². The fourth-order valence-corrected chi connectivity index (χ4v) is 3.50. The molecule has 0 fully saturated rings. The average Bonchev–Trinajstić information content (AvgIpc) is 3.05. The highest BCUT2D eigenvalue weighted by molar-refractivity contribution is 6.33. The summed E-state index contributed by atoms with van der Waals surface area (Å²) in [5, 5.41) is 13.6. The summed E-state index contributed by atoms with van der Waals surface area (Å²) in [7, 11) is 0. The highest BCUT2D eigenvalue weighted by Gasteiger charge is 2.31. The third-order valence-corrected chi connectivity index (χ3v) is 4.55. The van der Waals surface area contributed by atoms with E-state index in [1.807, 2.05) is 0 Å². The summed E-state index contributed by atoms with van der Waals surface area (Å²) in [6.07, 6.45) is 3.31. The maximum Gasteiger partial charge on any atom is 0.374 e. The molecule has 1 N–H and O–H groups in total. The molecule has 120 valence electrons. The number of hydrogen-bond donors (Lipinski definition) is 1. The fraction of sp³-hybridized carbons (Fsp3) is 0.375. The SMILES string of the molecule is O=C(O)c1cc(-c2c3c(c(Cl)c4c2OCCC4)OCCC3)no1. The van der Waals surface area contributed by atoms with Gasteiger partial charge in [0, 0.05) is 17.2 Å². The van der Waals surface area contributed by atoms with Crippen LogP contribution in [0.1, 0.15) is 34.5 Å². The molecule has 0 atom stereocenters. The Hall–Kier alpha value is -2.21. The van der Waals surface area contributed by atoms with Gasteiger partial charge in [-0.3, -0.25) is 0 Å². The molecule has 2 aromatic rings. The van der Waals surface area contributed by atoms with Crippen molar-refractivity contribution in [3.63, 3.8) is 0 Å². The second-order valence-electron chi connectivity index (χ2n) is 5.59. The monoisotopic (exact) mass is 335 g/mol. The minimum Gasteiger partial charge on any atom is -0.493 e. The van der Waals surface area contributed by atoms with Crippen molar-refractivity contribution in [2.45, 2.75) is 25.7 Å². The van der Waals surface area contributed by atoms with Crippen LogP contribution in [0.25, 0.3) is 11.3 Å². The van der Waals surface area contributed by atoms with Crippen LogP contribution < -0.4 is 9.47 Å². The van der Waals surface area contributed by atoms with Crippen molar-refractivity contribution < 1.29 is 23.9 Å². The quantitative estimate of drug-likeness (QED) is 0.906. The molecular weight excluding hydrogens is 322 g/mol. The molecule has 6 nitrogen and oxygen atoms in total. The highest BCUT2D eigenvalue weighted by atomic mass is 35.5. The van der Waals surface area contributed by atoms with Crippen molar-refractivity contribution in [1.29, 1.82) is 0 Å². The zero-order valence-corrected chi connectivity index (χ0v) is 13.0. The number of nitrogens with zero attached hydrogens (tertiary/aromatic N) is 1. The van der Waals surface area contributed by atoms with Crippen LogP contribution in [0.2, 0.25) is 5.02 Å². The Balaban J connectivity index is 1.98. The number of hydrogen-bond acceptors (Lipinski definition) is 5. The normalized spacial score (nSPS) is 16.0. The molecule has 0 spiro atoms. The van der Waals surface area contributed by atoms with Gasteiger partial charge in [0.25, 0.3) is 0 Å². The molecule has 4 rings (SSSR count). The Morgan fingerprint density at radius 3 is 2.52 bits per heavy atom. The van der Waals surface area contributed by atoms with Gasteiger partial charge in [-0.1, -0.05) is 16.8 Å². The van der Waals surface area contributed by atoms with E-state index in [9.17, 15) is 4.79 Å². The first-order chi connectivity index (χ1) is 11.2. The van der Waals surface area contributed by atoms with Crippen molar-refractivity contribution in [1.82, 2.24) is 5.16 Å². The van der Waals surface area contributed by atoms with Crippen molar-refractivity contribution in [2.75, 3.05) is 13.2 Å². The van der Waals surface area contributed by atoms with Crippen molar-refractivity contribution in [3.05, 3.63) is 28.0 Å². The molecule has 3 heterocycles. The zero-order chi connectivity index (χ0) is 16.0. The van der Waals surface area contributed by atoms with Crippen molar-refractivity contribution >= 4 is 17.6 Å². The molecule has 0 saturated heterocycles. The molecule has 23 heavy (non-hydrogen) atoms. The Morgan fingerprint density at radius 1 is 1.13 bits per heavy atom. The van der Waals surface area contributed by atoms with Crippen LogP contribution in [0, 0.1) is 0 Å². The van der Waals surface area contributed by atoms with Gasteiger partial charge in [-0.2, -0.15) is 0 Å². The lowest BCUT2D eigenvalue weighted by molar-refractivity contribution is 0.0652. The number of rotatable bonds is 2. The first kappa shape index (κ1) is 14.4. The number of carboxylic acid groups (broad SMARTS) is 1. The minimum atomic E-state index is -1.15. The lowest BCUT2D eigenvalue weighted by Gasteiger charge is -2.28. The van der Waals surface area contributed by atoms with Crippen LogP contribution in [-0.2, 0) is 12.8 Å². The summed E-state index contributed by atoms with van der Waals surface area (Å²) < 4.78 is 16.5. The van der Waals surface area contributed by atoms with Gasteiger partial charge in [-0.15, -0.1) is 0 Å². The van der Waals surface area contributed by atoms with Gasteiger partial charge in [0.2, 0.25) is 5.76 Å². The van der Waals surface area contributed by atoms with E-state index in [0.29, 0.717) is 35.4 Å². The predicted molar refractivity (Wildman–Crippen MR) is 81.5 cm³/mol. The second kappa shape index (κ2) is 5.45. The van der Waals surface area contributed by atoms with E-state index >= 15 is 0 Å². The van der Waals surface area contributed by atoms with E-state index in [4.69, 9.17) is 30.7 Å². The fourth-order valence-electron chi connectivity index (χ4n) is 3.15. The molecule has 1 aromatic carbocycles. The number of carboxylic acids is 1. The van der Waals surface area contributed by atoms with Crippen LogP contribution in [-0.4, -0.2) is 29.4 Å². The van der Waals surface area contributed by atoms with E-state index in [2.05, 4.69) is 5.16 Å². The van der Waals surface area contributed by atoms with Gasteiger partial charge < -0.3 is 19.1 Å². The first-order valence-corrected chi connectivity index (χ1v) is 7.88. The molecule has 0 amide bonds. The number of halogens is 1. The average molecular weight is 336 g/mol. The van der Waals surface area contributed by atoms with Crippen LogP contribution in [0.4, 0.5) is 0 Å². The molecule has 7 heteroatoms. The zero-order valence-electron chi connectivity index (χ0n) is 12.2. The summed E-state index contributed by atoms with van der Waals surface area (Å²) in [6, 6.07) is 1.42. The number of fused-ring (bicyclic) bond motifs is 2. The lowest BCUT2D eigenvalue weighted by atomic mass is 9.91. The van der Waals surface area contributed by atoms with E-state index in [1.165, 1.54) is 6.07 Å². The summed E-state index contributed by atoms with van der Waals surface area (Å²) in [6.45, 7) is 1.21. The molecule has 2 aliphatic heterocycles. The topological polar surface area (TPSA) is 81.8 Å². The molecule has 0 aliphatic carbocycles. The van der Waals surface area contributed by atoms with Crippen molar-refractivity contribution in [3.8, 4) is 22.8 Å². The minimum absolute atomic E-state index is 0.204. The molecule has 0 bridgehead atoms. The number of ether oxygens (including phenoxy) is 2. The van der Waals surface area contributed by atoms with Gasteiger partial charge in [-0.05, 0) is 25.7 Å². The van der Waals surface area contributed by atoms with Gasteiger partial charge in [0.1, 0.15) is 17.2 Å². The maximum absolute atomic E-state index is 11.1. The Kier molecular flexibility index (Phi) is 3.41. The largest absolute Gasteiger partial charge is 0.493 e. The van der Waals surface area contributed by atoms with Gasteiger partial charge in [0.05, 0.1) is 23.8 Å². The van der Waals surface area contributed by atoms with E-state index in [0.717, 1.165) is 42.4 Å². The molecular formula is C16H14ClNO5. The summed E-state index contributed by atoms with van der Waals surface area (Å²) in [5.74, 6) is -0.0182. The highest BCUT2D eigenvalue weighted by Crippen LogP contribution is 2.49. The van der Waals surface area contributed by atoms with E-state index in [1.54, 1.807) is 0 Å². The number of aromatic carboxylic acids is 1. The molecule has 1 aromatic heterocycles. The van der Waals surface area contributed by atoms with E-state index < -0.39 is 5.97 Å².